The van der Waals surface area contributed by atoms with Gasteiger partial charge in [0.25, 0.3) is 15.6 Å². The van der Waals surface area contributed by atoms with Crippen molar-refractivity contribution in [1.82, 2.24) is 29.9 Å². The maximum atomic E-state index is 12.8. The van der Waals surface area contributed by atoms with E-state index in [2.05, 4.69) is 45.3 Å². The number of aromatic nitrogens is 6. The van der Waals surface area contributed by atoms with E-state index in [0.717, 1.165) is 0 Å². The average Bonchev–Trinajstić information content (AvgIpc) is 2.83. The normalized spacial score (nSPS) is 11.4. The quantitative estimate of drug-likeness (QED) is 0.223. The number of benzene rings is 2. The highest BCUT2D eigenvalue weighted by molar-refractivity contribution is 7.92. The molecule has 0 amide bonds. The number of aryl methyl sites for hydroxylation is 3. The Morgan fingerprint density at radius 1 is 0.795 bits per heavy atom. The molecule has 0 saturated carbocycles. The van der Waals surface area contributed by atoms with Crippen molar-refractivity contribution in [2.45, 2.75) is 25.7 Å². The molecule has 0 aliphatic heterocycles. The molecule has 14 heteroatoms. The lowest BCUT2D eigenvalue weighted by Gasteiger charge is -2.11. The number of halogens is 1. The van der Waals surface area contributed by atoms with Crippen LogP contribution in [0.2, 0.25) is 5.02 Å². The Labute approximate surface area is 228 Å². The summed E-state index contributed by atoms with van der Waals surface area (Å²) in [6.45, 7) is 5.18. The van der Waals surface area contributed by atoms with Gasteiger partial charge in [0.15, 0.2) is 5.65 Å². The molecule has 0 atom stereocenters. The number of anilines is 5. The summed E-state index contributed by atoms with van der Waals surface area (Å²) in [5, 5.41) is 6.81. The summed E-state index contributed by atoms with van der Waals surface area (Å²) in [6, 6.07) is 14.7. The molecule has 0 radical (unpaired) electrons. The van der Waals surface area contributed by atoms with Crippen LogP contribution in [0.5, 0.6) is 0 Å². The lowest BCUT2D eigenvalue weighted by Crippen LogP contribution is -2.16. The van der Waals surface area contributed by atoms with E-state index in [1.54, 1.807) is 63.2 Å². The van der Waals surface area contributed by atoms with Gasteiger partial charge in [-0.3, -0.25) is 9.78 Å². The minimum atomic E-state index is -3.91. The number of fused-ring (bicyclic) bond motifs is 1. The van der Waals surface area contributed by atoms with Crippen LogP contribution in [0.1, 0.15) is 17.1 Å². The monoisotopic (exact) mass is 563 g/mol. The molecule has 0 unspecified atom stereocenters. The van der Waals surface area contributed by atoms with Crippen LogP contribution in [0.15, 0.2) is 64.3 Å². The summed E-state index contributed by atoms with van der Waals surface area (Å²) in [5.74, 6) is 0.374. The van der Waals surface area contributed by atoms with Gasteiger partial charge in [-0.05, 0) is 69.3 Å². The molecule has 3 heterocycles. The zero-order valence-corrected chi connectivity index (χ0v) is 22.5. The molecule has 0 saturated heterocycles. The predicted molar refractivity (Wildman–Crippen MR) is 149 cm³/mol. The Morgan fingerprint density at radius 3 is 2.21 bits per heavy atom. The minimum absolute atomic E-state index is 0.00134. The van der Waals surface area contributed by atoms with Crippen LogP contribution < -0.4 is 20.9 Å². The van der Waals surface area contributed by atoms with Crippen LogP contribution in [0.3, 0.4) is 0 Å². The van der Waals surface area contributed by atoms with E-state index in [9.17, 15) is 13.2 Å². The Balaban J connectivity index is 1.38. The molecule has 0 aliphatic rings. The number of sulfonamides is 1. The summed E-state index contributed by atoms with van der Waals surface area (Å²) in [7, 11) is -3.91. The number of H-pyrrole nitrogens is 1. The number of hydrogen-bond donors (Lipinski definition) is 4. The van der Waals surface area contributed by atoms with Crippen molar-refractivity contribution >= 4 is 61.9 Å². The van der Waals surface area contributed by atoms with Gasteiger partial charge in [0.2, 0.25) is 17.8 Å². The van der Waals surface area contributed by atoms with Crippen LogP contribution in [-0.2, 0) is 10.0 Å². The molecule has 4 N–H and O–H groups in total. The van der Waals surface area contributed by atoms with E-state index in [1.165, 1.54) is 12.1 Å². The van der Waals surface area contributed by atoms with Gasteiger partial charge >= 0.3 is 0 Å². The van der Waals surface area contributed by atoms with Crippen LogP contribution in [-0.4, -0.2) is 38.3 Å². The van der Waals surface area contributed by atoms with E-state index in [0.29, 0.717) is 33.5 Å². The predicted octanol–water partition coefficient (Wildman–Crippen LogP) is 4.37. The summed E-state index contributed by atoms with van der Waals surface area (Å²) < 4.78 is 28.0. The molecule has 2 aromatic carbocycles. The van der Waals surface area contributed by atoms with Crippen LogP contribution in [0.4, 0.5) is 29.2 Å². The number of rotatable bonds is 7. The lowest BCUT2D eigenvalue weighted by molar-refractivity contribution is 0.601. The number of hydrogen-bond acceptors (Lipinski definition) is 10. The smallest absolute Gasteiger partial charge is 0.264 e. The second-order valence-electron chi connectivity index (χ2n) is 8.61. The van der Waals surface area contributed by atoms with E-state index in [1.807, 2.05) is 0 Å². The zero-order chi connectivity index (χ0) is 27.7. The molecule has 0 fully saturated rings. The molecular weight excluding hydrogens is 542 g/mol. The molecule has 0 bridgehead atoms. The van der Waals surface area contributed by atoms with Crippen molar-refractivity contribution in [2.24, 2.45) is 0 Å². The van der Waals surface area contributed by atoms with Gasteiger partial charge in [-0.2, -0.15) is 9.97 Å². The van der Waals surface area contributed by atoms with E-state index in [-0.39, 0.29) is 33.8 Å². The van der Waals surface area contributed by atoms with Crippen molar-refractivity contribution in [2.75, 3.05) is 15.4 Å². The second kappa shape index (κ2) is 10.3. The lowest BCUT2D eigenvalue weighted by atomic mass is 10.3. The van der Waals surface area contributed by atoms with Crippen molar-refractivity contribution in [3.63, 3.8) is 0 Å². The number of nitrogens with one attached hydrogen (secondary N) is 4. The maximum Gasteiger partial charge on any atom is 0.264 e. The van der Waals surface area contributed by atoms with Crippen molar-refractivity contribution in [3.8, 4) is 0 Å². The van der Waals surface area contributed by atoms with Gasteiger partial charge in [-0.15, -0.1) is 0 Å². The van der Waals surface area contributed by atoms with Crippen molar-refractivity contribution < 1.29 is 8.42 Å². The fraction of sp³-hybridized carbons (Fsp3) is 0.120. The first-order valence-corrected chi connectivity index (χ1v) is 13.5. The Hall–Kier alpha value is -4.62. The third-order valence-corrected chi connectivity index (χ3v) is 7.04. The van der Waals surface area contributed by atoms with Gasteiger partial charge in [0, 0.05) is 27.8 Å². The molecule has 0 spiro atoms. The Morgan fingerprint density at radius 2 is 1.51 bits per heavy atom. The van der Waals surface area contributed by atoms with E-state index in [4.69, 9.17) is 11.6 Å². The van der Waals surface area contributed by atoms with Crippen LogP contribution in [0, 0.1) is 20.8 Å². The molecule has 39 heavy (non-hydrogen) atoms. The summed E-state index contributed by atoms with van der Waals surface area (Å²) >= 11 is 6.03. The molecule has 3 aromatic heterocycles. The molecular formula is C25H22ClN9O3S. The second-order valence-corrected chi connectivity index (χ2v) is 10.7. The first-order valence-electron chi connectivity index (χ1n) is 11.6. The summed E-state index contributed by atoms with van der Waals surface area (Å²) in [6.07, 6.45) is 0. The van der Waals surface area contributed by atoms with Gasteiger partial charge in [-0.1, -0.05) is 17.7 Å². The van der Waals surface area contributed by atoms with Crippen molar-refractivity contribution in [3.05, 3.63) is 87.1 Å². The fourth-order valence-electron chi connectivity index (χ4n) is 3.82. The Kier molecular flexibility index (Phi) is 6.85. The fourth-order valence-corrected chi connectivity index (χ4v) is 4.96. The minimum Gasteiger partial charge on any atom is -0.326 e. The molecule has 198 valence electrons. The summed E-state index contributed by atoms with van der Waals surface area (Å²) in [5.41, 5.74) is 2.66. The van der Waals surface area contributed by atoms with Gasteiger partial charge < -0.3 is 10.6 Å². The highest BCUT2D eigenvalue weighted by atomic mass is 35.5. The largest absolute Gasteiger partial charge is 0.326 e. The third-order valence-electron chi connectivity index (χ3n) is 5.46. The molecule has 0 aliphatic carbocycles. The van der Waals surface area contributed by atoms with Gasteiger partial charge in [0.1, 0.15) is 5.39 Å². The topological polar surface area (TPSA) is 168 Å². The van der Waals surface area contributed by atoms with Crippen LogP contribution >= 0.6 is 11.6 Å². The molecule has 12 nitrogen and oxygen atoms in total. The van der Waals surface area contributed by atoms with Gasteiger partial charge in [0.05, 0.1) is 10.6 Å². The Bertz CT molecular complexity index is 1860. The molecule has 5 aromatic rings. The highest BCUT2D eigenvalue weighted by Crippen LogP contribution is 2.22. The number of aromatic amines is 1. The zero-order valence-electron chi connectivity index (χ0n) is 20.9. The maximum absolute atomic E-state index is 12.8. The molecule has 5 rings (SSSR count). The van der Waals surface area contributed by atoms with Crippen molar-refractivity contribution in [1.29, 1.82) is 0 Å². The summed E-state index contributed by atoms with van der Waals surface area (Å²) in [4.78, 5) is 36.8. The van der Waals surface area contributed by atoms with Gasteiger partial charge in [-0.25, -0.2) is 28.1 Å². The SMILES string of the molecule is Cc1cc(C)nc(NS(=O)(=O)c2ccc(Nc3nc(C)c4c(=O)[nH]c(Nc5cccc(Cl)c5)nc4n3)cc2)n1. The van der Waals surface area contributed by atoms with Crippen LogP contribution in [0.25, 0.3) is 11.0 Å². The number of nitrogens with zero attached hydrogens (tertiary/aromatic N) is 5. The average molecular weight is 564 g/mol. The standard InChI is InChI=1S/C25H22ClN9O3S/c1-13-11-14(2)28-25(27-13)35-39(37,38)19-9-7-17(8-10-19)30-23-29-15(3)20-21(32-23)33-24(34-22(20)36)31-18-6-4-5-16(26)12-18/h4-12H,1-3H3,(H,27,28,35)(H3,29,30,31,32,33,34,36). The van der Waals surface area contributed by atoms with E-state index < -0.39 is 15.6 Å². The highest BCUT2D eigenvalue weighted by Gasteiger charge is 2.17. The van der Waals surface area contributed by atoms with E-state index >= 15 is 0 Å². The third kappa shape index (κ3) is 5.94. The first kappa shape index (κ1) is 26.0. The first-order chi connectivity index (χ1) is 18.6.